The van der Waals surface area contributed by atoms with Gasteiger partial charge in [0.2, 0.25) is 5.91 Å². The summed E-state index contributed by atoms with van der Waals surface area (Å²) in [4.78, 5) is 17.2. The first kappa shape index (κ1) is 14.3. The number of aromatic nitrogens is 1. The highest BCUT2D eigenvalue weighted by Gasteiger charge is 2.10. The molecular weight excluding hydrogens is 270 g/mol. The van der Waals surface area contributed by atoms with E-state index in [4.69, 9.17) is 5.73 Å². The van der Waals surface area contributed by atoms with Gasteiger partial charge in [-0.15, -0.1) is 11.3 Å². The number of anilines is 1. The van der Waals surface area contributed by atoms with E-state index in [1.54, 1.807) is 29.5 Å². The van der Waals surface area contributed by atoms with E-state index in [0.717, 1.165) is 15.4 Å². The van der Waals surface area contributed by atoms with Crippen LogP contribution >= 0.6 is 11.3 Å². The minimum atomic E-state index is -0.137. The lowest BCUT2D eigenvalue weighted by Gasteiger charge is -2.08. The van der Waals surface area contributed by atoms with E-state index in [1.165, 1.54) is 6.08 Å². The summed E-state index contributed by atoms with van der Waals surface area (Å²) in [6, 6.07) is 7.26. The standard InChI is InChI=1S/C15H17N3OS/c1-10-9-17-15(20-10)11(2)18-14(19)8-5-12-3-6-13(16)7-4-12/h3-9,11H,16H2,1-2H3,(H,18,19)/b8-5+. The van der Waals surface area contributed by atoms with Gasteiger partial charge in [0.15, 0.2) is 0 Å². The highest BCUT2D eigenvalue weighted by atomic mass is 32.1. The molecule has 0 radical (unpaired) electrons. The van der Waals surface area contributed by atoms with Crippen molar-refractivity contribution in [3.8, 4) is 0 Å². The number of amides is 1. The number of nitrogens with one attached hydrogen (secondary N) is 1. The average molecular weight is 287 g/mol. The van der Waals surface area contributed by atoms with Crippen molar-refractivity contribution >= 4 is 29.0 Å². The van der Waals surface area contributed by atoms with Crippen LogP contribution in [0.5, 0.6) is 0 Å². The molecule has 2 rings (SSSR count). The smallest absolute Gasteiger partial charge is 0.244 e. The van der Waals surface area contributed by atoms with Crippen molar-refractivity contribution in [2.45, 2.75) is 19.9 Å². The van der Waals surface area contributed by atoms with Crippen molar-refractivity contribution in [1.82, 2.24) is 10.3 Å². The molecule has 1 atom stereocenters. The normalized spacial score (nSPS) is 12.5. The Morgan fingerprint density at radius 1 is 1.40 bits per heavy atom. The van der Waals surface area contributed by atoms with E-state index in [2.05, 4.69) is 10.3 Å². The van der Waals surface area contributed by atoms with Crippen molar-refractivity contribution in [2.75, 3.05) is 5.73 Å². The topological polar surface area (TPSA) is 68.0 Å². The zero-order valence-electron chi connectivity index (χ0n) is 11.5. The Labute approximate surface area is 122 Å². The van der Waals surface area contributed by atoms with Crippen LogP contribution in [0.15, 0.2) is 36.5 Å². The van der Waals surface area contributed by atoms with E-state index in [-0.39, 0.29) is 11.9 Å². The lowest BCUT2D eigenvalue weighted by molar-refractivity contribution is -0.117. The maximum atomic E-state index is 11.8. The number of nitrogens with zero attached hydrogens (tertiary/aromatic N) is 1. The molecule has 1 heterocycles. The molecule has 1 aromatic carbocycles. The summed E-state index contributed by atoms with van der Waals surface area (Å²) in [5.74, 6) is -0.137. The Morgan fingerprint density at radius 3 is 2.70 bits per heavy atom. The van der Waals surface area contributed by atoms with Gasteiger partial charge < -0.3 is 11.1 Å². The van der Waals surface area contributed by atoms with Crippen LogP contribution < -0.4 is 11.1 Å². The highest BCUT2D eigenvalue weighted by molar-refractivity contribution is 7.11. The molecule has 5 heteroatoms. The van der Waals surface area contributed by atoms with Gasteiger partial charge in [-0.05, 0) is 37.6 Å². The summed E-state index contributed by atoms with van der Waals surface area (Å²) in [7, 11) is 0. The summed E-state index contributed by atoms with van der Waals surface area (Å²) in [5.41, 5.74) is 7.25. The van der Waals surface area contributed by atoms with Gasteiger partial charge in [0.1, 0.15) is 5.01 Å². The van der Waals surface area contributed by atoms with Crippen LogP contribution in [-0.4, -0.2) is 10.9 Å². The fraction of sp³-hybridized carbons (Fsp3) is 0.200. The SMILES string of the molecule is Cc1cnc(C(C)NC(=O)/C=C/c2ccc(N)cc2)s1. The lowest BCUT2D eigenvalue weighted by Crippen LogP contribution is -2.24. The van der Waals surface area contributed by atoms with E-state index < -0.39 is 0 Å². The second-order valence-electron chi connectivity index (χ2n) is 4.54. The number of nitrogens with two attached hydrogens (primary N) is 1. The molecule has 0 saturated carbocycles. The van der Waals surface area contributed by atoms with Gasteiger partial charge in [0.25, 0.3) is 0 Å². The van der Waals surface area contributed by atoms with Crippen LogP contribution in [0.25, 0.3) is 6.08 Å². The van der Waals surface area contributed by atoms with E-state index >= 15 is 0 Å². The second-order valence-corrected chi connectivity index (χ2v) is 5.81. The van der Waals surface area contributed by atoms with Gasteiger partial charge in [0.05, 0.1) is 6.04 Å². The molecular formula is C15H17N3OS. The molecule has 3 N–H and O–H groups in total. The third-order valence-electron chi connectivity index (χ3n) is 2.73. The third kappa shape index (κ3) is 3.93. The number of rotatable bonds is 4. The monoisotopic (exact) mass is 287 g/mol. The van der Waals surface area contributed by atoms with Crippen LogP contribution in [-0.2, 0) is 4.79 Å². The summed E-state index contributed by atoms with van der Waals surface area (Å²) in [5, 5.41) is 3.80. The maximum Gasteiger partial charge on any atom is 0.244 e. The van der Waals surface area contributed by atoms with E-state index in [0.29, 0.717) is 5.69 Å². The number of benzene rings is 1. The van der Waals surface area contributed by atoms with Crippen LogP contribution in [0.4, 0.5) is 5.69 Å². The highest BCUT2D eigenvalue weighted by Crippen LogP contribution is 2.18. The first-order valence-corrected chi connectivity index (χ1v) is 7.12. The molecule has 0 aliphatic heterocycles. The number of carbonyl (C=O) groups is 1. The minimum absolute atomic E-state index is 0.0859. The van der Waals surface area contributed by atoms with Crippen LogP contribution in [0.3, 0.4) is 0 Å². The quantitative estimate of drug-likeness (QED) is 0.671. The number of hydrogen-bond acceptors (Lipinski definition) is 4. The Kier molecular flexibility index (Phi) is 4.53. The second kappa shape index (κ2) is 6.34. The molecule has 2 aromatic rings. The molecule has 0 saturated heterocycles. The number of aryl methyl sites for hydroxylation is 1. The predicted molar refractivity (Wildman–Crippen MR) is 83.3 cm³/mol. The molecule has 0 spiro atoms. The van der Waals surface area contributed by atoms with Gasteiger partial charge in [0, 0.05) is 22.8 Å². The van der Waals surface area contributed by atoms with Crippen molar-refractivity contribution < 1.29 is 4.79 Å². The number of hydrogen-bond donors (Lipinski definition) is 2. The Bertz CT molecular complexity index is 616. The predicted octanol–water partition coefficient (Wildman–Crippen LogP) is 2.92. The molecule has 1 amide bonds. The van der Waals surface area contributed by atoms with Gasteiger partial charge >= 0.3 is 0 Å². The van der Waals surface area contributed by atoms with Crippen molar-refractivity contribution in [1.29, 1.82) is 0 Å². The van der Waals surface area contributed by atoms with E-state index in [9.17, 15) is 4.79 Å². The summed E-state index contributed by atoms with van der Waals surface area (Å²) >= 11 is 1.59. The summed E-state index contributed by atoms with van der Waals surface area (Å²) in [6.45, 7) is 3.92. The van der Waals surface area contributed by atoms with E-state index in [1.807, 2.05) is 32.2 Å². The number of carbonyl (C=O) groups excluding carboxylic acids is 1. The molecule has 0 fully saturated rings. The van der Waals surface area contributed by atoms with Crippen molar-refractivity contribution in [2.24, 2.45) is 0 Å². The molecule has 0 aliphatic carbocycles. The lowest BCUT2D eigenvalue weighted by atomic mass is 10.2. The average Bonchev–Trinajstić information content (AvgIpc) is 2.85. The molecule has 1 unspecified atom stereocenters. The zero-order chi connectivity index (χ0) is 14.5. The Hall–Kier alpha value is -2.14. The van der Waals surface area contributed by atoms with Gasteiger partial charge in [-0.25, -0.2) is 4.98 Å². The molecule has 20 heavy (non-hydrogen) atoms. The van der Waals surface area contributed by atoms with Crippen LogP contribution in [0.1, 0.15) is 28.4 Å². The Balaban J connectivity index is 1.93. The van der Waals surface area contributed by atoms with Gasteiger partial charge in [-0.1, -0.05) is 12.1 Å². The molecule has 1 aromatic heterocycles. The molecule has 0 bridgehead atoms. The fourth-order valence-electron chi connectivity index (χ4n) is 1.67. The third-order valence-corrected chi connectivity index (χ3v) is 3.83. The largest absolute Gasteiger partial charge is 0.399 e. The Morgan fingerprint density at radius 2 is 2.10 bits per heavy atom. The molecule has 4 nitrogen and oxygen atoms in total. The summed E-state index contributed by atoms with van der Waals surface area (Å²) < 4.78 is 0. The number of thiazole rings is 1. The maximum absolute atomic E-state index is 11.8. The van der Waals surface area contributed by atoms with Gasteiger partial charge in [-0.2, -0.15) is 0 Å². The van der Waals surface area contributed by atoms with Gasteiger partial charge in [-0.3, -0.25) is 4.79 Å². The first-order valence-electron chi connectivity index (χ1n) is 6.31. The number of nitrogen functional groups attached to an aromatic ring is 1. The fourth-order valence-corrected chi connectivity index (χ4v) is 2.45. The van der Waals surface area contributed by atoms with Crippen LogP contribution in [0, 0.1) is 6.92 Å². The molecule has 104 valence electrons. The van der Waals surface area contributed by atoms with Crippen molar-refractivity contribution in [3.63, 3.8) is 0 Å². The summed E-state index contributed by atoms with van der Waals surface area (Å²) in [6.07, 6.45) is 5.09. The molecule has 0 aliphatic rings. The minimum Gasteiger partial charge on any atom is -0.399 e. The van der Waals surface area contributed by atoms with Crippen LogP contribution in [0.2, 0.25) is 0 Å². The zero-order valence-corrected chi connectivity index (χ0v) is 12.3. The first-order chi connectivity index (χ1) is 9.54. The van der Waals surface area contributed by atoms with Crippen molar-refractivity contribution in [3.05, 3.63) is 52.0 Å².